The fraction of sp³-hybridized carbons (Fsp3) is 0.250. The molecule has 5 nitrogen and oxygen atoms in total. The molecular formula is C20H23N3O2S. The van der Waals surface area contributed by atoms with Crippen LogP contribution in [0.25, 0.3) is 0 Å². The monoisotopic (exact) mass is 369 g/mol. The molecule has 3 N–H and O–H groups in total. The van der Waals surface area contributed by atoms with Crippen molar-refractivity contribution in [3.05, 3.63) is 65.7 Å². The van der Waals surface area contributed by atoms with E-state index in [0.717, 1.165) is 18.4 Å². The van der Waals surface area contributed by atoms with Crippen LogP contribution in [-0.2, 0) is 11.3 Å². The van der Waals surface area contributed by atoms with Crippen molar-refractivity contribution in [2.45, 2.75) is 32.7 Å². The SMILES string of the molecule is CCCCC(=O)NC(=S)Nc1ccccc1C(=O)NCc1ccccc1. The number of carbonyl (C=O) groups excluding carboxylic acids is 2. The van der Waals surface area contributed by atoms with Crippen LogP contribution in [0.3, 0.4) is 0 Å². The Bertz CT molecular complexity index is 763. The second kappa shape index (κ2) is 10.3. The first kappa shape index (κ1) is 19.6. The summed E-state index contributed by atoms with van der Waals surface area (Å²) in [6, 6.07) is 16.7. The summed E-state index contributed by atoms with van der Waals surface area (Å²) in [5, 5.41) is 8.65. The van der Waals surface area contributed by atoms with Gasteiger partial charge in [0.1, 0.15) is 0 Å². The molecule has 0 bridgehead atoms. The highest BCUT2D eigenvalue weighted by molar-refractivity contribution is 7.80. The summed E-state index contributed by atoms with van der Waals surface area (Å²) in [5.41, 5.74) is 2.04. The summed E-state index contributed by atoms with van der Waals surface area (Å²) in [5.74, 6) is -0.340. The third-order valence-corrected chi connectivity index (χ3v) is 3.93. The Balaban J connectivity index is 1.97. The van der Waals surface area contributed by atoms with Gasteiger partial charge in [0.05, 0.1) is 11.3 Å². The maximum Gasteiger partial charge on any atom is 0.253 e. The Labute approximate surface area is 159 Å². The number of thiocarbonyl (C=S) groups is 1. The molecule has 0 spiro atoms. The van der Waals surface area contributed by atoms with Gasteiger partial charge in [0.15, 0.2) is 5.11 Å². The standard InChI is InChI=1S/C20H23N3O2S/c1-2-3-13-18(24)23-20(26)22-17-12-8-7-11-16(17)19(25)21-14-15-9-5-4-6-10-15/h4-12H,2-3,13-14H2,1H3,(H,21,25)(H2,22,23,24,26). The van der Waals surface area contributed by atoms with Gasteiger partial charge < -0.3 is 16.0 Å². The molecule has 26 heavy (non-hydrogen) atoms. The van der Waals surface area contributed by atoms with Crippen LogP contribution in [0.4, 0.5) is 5.69 Å². The van der Waals surface area contributed by atoms with E-state index in [0.29, 0.717) is 24.2 Å². The number of rotatable bonds is 7. The van der Waals surface area contributed by atoms with Gasteiger partial charge >= 0.3 is 0 Å². The van der Waals surface area contributed by atoms with Crippen molar-refractivity contribution in [1.82, 2.24) is 10.6 Å². The third kappa shape index (κ3) is 6.29. The maximum atomic E-state index is 12.5. The Hall–Kier alpha value is -2.73. The molecule has 2 rings (SSSR count). The predicted molar refractivity (Wildman–Crippen MR) is 108 cm³/mol. The van der Waals surface area contributed by atoms with Gasteiger partial charge in [-0.2, -0.15) is 0 Å². The second-order valence-corrected chi connectivity index (χ2v) is 6.23. The van der Waals surface area contributed by atoms with Crippen LogP contribution in [0.2, 0.25) is 0 Å². The van der Waals surface area contributed by atoms with Crippen molar-refractivity contribution in [1.29, 1.82) is 0 Å². The first-order valence-corrected chi connectivity index (χ1v) is 9.03. The van der Waals surface area contributed by atoms with Crippen LogP contribution in [0.5, 0.6) is 0 Å². The summed E-state index contributed by atoms with van der Waals surface area (Å²) in [4.78, 5) is 24.3. The Morgan fingerprint density at radius 1 is 1.00 bits per heavy atom. The van der Waals surface area contributed by atoms with Crippen molar-refractivity contribution >= 4 is 34.8 Å². The lowest BCUT2D eigenvalue weighted by Crippen LogP contribution is -2.34. The molecule has 2 amide bonds. The number of carbonyl (C=O) groups is 2. The number of unbranched alkanes of at least 4 members (excludes halogenated alkanes) is 1. The molecule has 6 heteroatoms. The summed E-state index contributed by atoms with van der Waals surface area (Å²) >= 11 is 5.18. The third-order valence-electron chi connectivity index (χ3n) is 3.73. The fourth-order valence-corrected chi connectivity index (χ4v) is 2.57. The normalized spacial score (nSPS) is 10.0. The average molecular weight is 369 g/mol. The topological polar surface area (TPSA) is 70.2 Å². The number of hydrogen-bond donors (Lipinski definition) is 3. The zero-order valence-electron chi connectivity index (χ0n) is 14.7. The van der Waals surface area contributed by atoms with E-state index in [9.17, 15) is 9.59 Å². The van der Waals surface area contributed by atoms with Gasteiger partial charge in [-0.3, -0.25) is 9.59 Å². The van der Waals surface area contributed by atoms with Gasteiger partial charge in [0.2, 0.25) is 5.91 Å². The van der Waals surface area contributed by atoms with E-state index < -0.39 is 0 Å². The molecule has 2 aromatic carbocycles. The quantitative estimate of drug-likeness (QED) is 0.652. The molecule has 0 aliphatic heterocycles. The van der Waals surface area contributed by atoms with E-state index in [1.54, 1.807) is 24.3 Å². The zero-order valence-corrected chi connectivity index (χ0v) is 15.6. The zero-order chi connectivity index (χ0) is 18.8. The average Bonchev–Trinajstić information content (AvgIpc) is 2.65. The Kier molecular flexibility index (Phi) is 7.76. The molecule has 0 radical (unpaired) electrons. The number of anilines is 1. The molecule has 0 aromatic heterocycles. The lowest BCUT2D eigenvalue weighted by atomic mass is 10.1. The number of hydrogen-bond acceptors (Lipinski definition) is 3. The highest BCUT2D eigenvalue weighted by atomic mass is 32.1. The molecule has 0 atom stereocenters. The van der Waals surface area contributed by atoms with Crippen LogP contribution < -0.4 is 16.0 Å². The lowest BCUT2D eigenvalue weighted by molar-refractivity contribution is -0.119. The molecule has 0 aliphatic carbocycles. The number of benzene rings is 2. The van der Waals surface area contributed by atoms with Crippen molar-refractivity contribution in [2.75, 3.05) is 5.32 Å². The van der Waals surface area contributed by atoms with Crippen LogP contribution in [0, 0.1) is 0 Å². The predicted octanol–water partition coefficient (Wildman–Crippen LogP) is 3.62. The maximum absolute atomic E-state index is 12.5. The Morgan fingerprint density at radius 2 is 1.69 bits per heavy atom. The van der Waals surface area contributed by atoms with Crippen molar-refractivity contribution < 1.29 is 9.59 Å². The van der Waals surface area contributed by atoms with Gasteiger partial charge in [-0.25, -0.2) is 0 Å². The summed E-state index contributed by atoms with van der Waals surface area (Å²) in [7, 11) is 0. The van der Waals surface area contributed by atoms with Crippen molar-refractivity contribution in [2.24, 2.45) is 0 Å². The van der Waals surface area contributed by atoms with E-state index in [2.05, 4.69) is 16.0 Å². The summed E-state index contributed by atoms with van der Waals surface area (Å²) < 4.78 is 0. The molecular weight excluding hydrogens is 346 g/mol. The smallest absolute Gasteiger partial charge is 0.253 e. The van der Waals surface area contributed by atoms with Crippen molar-refractivity contribution in [3.8, 4) is 0 Å². The van der Waals surface area contributed by atoms with E-state index in [4.69, 9.17) is 12.2 Å². The minimum atomic E-state index is -0.211. The van der Waals surface area contributed by atoms with E-state index in [1.807, 2.05) is 37.3 Å². The minimum Gasteiger partial charge on any atom is -0.348 e. The van der Waals surface area contributed by atoms with Crippen LogP contribution in [0.1, 0.15) is 42.1 Å². The molecule has 0 unspecified atom stereocenters. The largest absolute Gasteiger partial charge is 0.348 e. The summed E-state index contributed by atoms with van der Waals surface area (Å²) in [6.45, 7) is 2.46. The second-order valence-electron chi connectivity index (χ2n) is 5.82. The molecule has 0 aliphatic rings. The minimum absolute atomic E-state index is 0.129. The van der Waals surface area contributed by atoms with Crippen LogP contribution >= 0.6 is 12.2 Å². The molecule has 0 saturated carbocycles. The van der Waals surface area contributed by atoms with Crippen molar-refractivity contribution in [3.63, 3.8) is 0 Å². The summed E-state index contributed by atoms with van der Waals surface area (Å²) in [6.07, 6.45) is 2.18. The van der Waals surface area contributed by atoms with Gasteiger partial charge in [-0.1, -0.05) is 55.8 Å². The lowest BCUT2D eigenvalue weighted by Gasteiger charge is -2.13. The highest BCUT2D eigenvalue weighted by Crippen LogP contribution is 2.15. The first-order valence-electron chi connectivity index (χ1n) is 8.62. The van der Waals surface area contributed by atoms with Crippen LogP contribution in [0.15, 0.2) is 54.6 Å². The molecule has 0 heterocycles. The fourth-order valence-electron chi connectivity index (χ4n) is 2.34. The molecule has 0 fully saturated rings. The van der Waals surface area contributed by atoms with Gasteiger partial charge in [0, 0.05) is 13.0 Å². The molecule has 0 saturated heterocycles. The van der Waals surface area contributed by atoms with E-state index in [1.165, 1.54) is 0 Å². The number of nitrogens with one attached hydrogen (secondary N) is 3. The van der Waals surface area contributed by atoms with Gasteiger partial charge in [-0.15, -0.1) is 0 Å². The van der Waals surface area contributed by atoms with E-state index >= 15 is 0 Å². The highest BCUT2D eigenvalue weighted by Gasteiger charge is 2.12. The van der Waals surface area contributed by atoms with E-state index in [-0.39, 0.29) is 16.9 Å². The first-order chi connectivity index (χ1) is 12.6. The molecule has 2 aromatic rings. The van der Waals surface area contributed by atoms with Gasteiger partial charge in [-0.05, 0) is 36.3 Å². The van der Waals surface area contributed by atoms with Gasteiger partial charge in [0.25, 0.3) is 5.91 Å². The van der Waals surface area contributed by atoms with Crippen LogP contribution in [-0.4, -0.2) is 16.9 Å². The molecule has 136 valence electrons. The number of para-hydroxylation sites is 1. The number of amides is 2. The Morgan fingerprint density at radius 3 is 2.42 bits per heavy atom.